The average Bonchev–Trinajstić information content (AvgIpc) is 2.39. The molecule has 1 aromatic rings. The van der Waals surface area contributed by atoms with Crippen LogP contribution in [0.3, 0.4) is 0 Å². The van der Waals surface area contributed by atoms with Gasteiger partial charge in [-0.1, -0.05) is 0 Å². The Hall–Kier alpha value is -1.87. The molecule has 17 heavy (non-hydrogen) atoms. The average molecular weight is 233 g/mol. The fourth-order valence-electron chi connectivity index (χ4n) is 1.67. The molecule has 0 bridgehead atoms. The van der Waals surface area contributed by atoms with E-state index >= 15 is 0 Å². The smallest absolute Gasteiger partial charge is 0.226 e. The summed E-state index contributed by atoms with van der Waals surface area (Å²) in [5.74, 6) is 1.51. The lowest BCUT2D eigenvalue weighted by atomic mass is 10.3. The topological polar surface area (TPSA) is 65.3 Å². The third-order valence-corrected chi connectivity index (χ3v) is 2.56. The van der Waals surface area contributed by atoms with Gasteiger partial charge in [0.05, 0.1) is 19.2 Å². The maximum Gasteiger partial charge on any atom is 0.226 e. The minimum Gasteiger partial charge on any atom is -0.360 e. The van der Waals surface area contributed by atoms with Gasteiger partial charge in [0.1, 0.15) is 5.82 Å². The molecule has 1 aliphatic heterocycles. The van der Waals surface area contributed by atoms with Crippen molar-refractivity contribution in [1.29, 1.82) is 5.26 Å². The van der Waals surface area contributed by atoms with Crippen LogP contribution in [0.1, 0.15) is 0 Å². The first kappa shape index (κ1) is 11.6. The molecule has 1 saturated heterocycles. The molecule has 2 heterocycles. The van der Waals surface area contributed by atoms with Crippen molar-refractivity contribution in [3.05, 3.63) is 12.3 Å². The SMILES string of the molecule is CN(C)c1nccc(N2CCOC(C#N)C2)n1. The molecule has 6 heteroatoms. The second kappa shape index (κ2) is 4.97. The number of aromatic nitrogens is 2. The van der Waals surface area contributed by atoms with Gasteiger partial charge in [-0.3, -0.25) is 0 Å². The van der Waals surface area contributed by atoms with E-state index in [-0.39, 0.29) is 6.10 Å². The van der Waals surface area contributed by atoms with Crippen molar-refractivity contribution >= 4 is 11.8 Å². The van der Waals surface area contributed by atoms with Gasteiger partial charge in [-0.2, -0.15) is 10.2 Å². The Morgan fingerprint density at radius 1 is 1.59 bits per heavy atom. The molecule has 1 aliphatic rings. The molecule has 2 rings (SSSR count). The Morgan fingerprint density at radius 2 is 2.41 bits per heavy atom. The summed E-state index contributed by atoms with van der Waals surface area (Å²) < 4.78 is 5.30. The van der Waals surface area contributed by atoms with Crippen molar-refractivity contribution in [3.63, 3.8) is 0 Å². The third kappa shape index (κ3) is 2.63. The van der Waals surface area contributed by atoms with E-state index in [1.54, 1.807) is 6.20 Å². The van der Waals surface area contributed by atoms with E-state index in [1.165, 1.54) is 0 Å². The van der Waals surface area contributed by atoms with Gasteiger partial charge in [0.2, 0.25) is 5.95 Å². The molecule has 1 atom stereocenters. The summed E-state index contributed by atoms with van der Waals surface area (Å²) in [5.41, 5.74) is 0. The monoisotopic (exact) mass is 233 g/mol. The quantitative estimate of drug-likeness (QED) is 0.730. The highest BCUT2D eigenvalue weighted by Gasteiger charge is 2.21. The normalized spacial score (nSPS) is 19.8. The predicted molar refractivity (Wildman–Crippen MR) is 63.9 cm³/mol. The second-order valence-electron chi connectivity index (χ2n) is 4.04. The summed E-state index contributed by atoms with van der Waals surface area (Å²) in [6, 6.07) is 3.98. The van der Waals surface area contributed by atoms with Crippen LogP contribution in [0.25, 0.3) is 0 Å². The van der Waals surface area contributed by atoms with Crippen molar-refractivity contribution in [2.45, 2.75) is 6.10 Å². The van der Waals surface area contributed by atoms with Crippen LogP contribution in [-0.2, 0) is 4.74 Å². The molecule has 0 amide bonds. The molecule has 1 unspecified atom stereocenters. The van der Waals surface area contributed by atoms with E-state index in [0.29, 0.717) is 19.1 Å². The highest BCUT2D eigenvalue weighted by molar-refractivity contribution is 5.43. The van der Waals surface area contributed by atoms with Crippen LogP contribution in [0, 0.1) is 11.3 Å². The van der Waals surface area contributed by atoms with Crippen LogP contribution in [0.2, 0.25) is 0 Å². The summed E-state index contributed by atoms with van der Waals surface area (Å²) in [7, 11) is 3.80. The van der Waals surface area contributed by atoms with E-state index in [2.05, 4.69) is 16.0 Å². The lowest BCUT2D eigenvalue weighted by Crippen LogP contribution is -2.42. The van der Waals surface area contributed by atoms with Crippen LogP contribution in [0.5, 0.6) is 0 Å². The van der Waals surface area contributed by atoms with Gasteiger partial charge in [-0.05, 0) is 6.07 Å². The minimum absolute atomic E-state index is 0.374. The largest absolute Gasteiger partial charge is 0.360 e. The summed E-state index contributed by atoms with van der Waals surface area (Å²) >= 11 is 0. The Bertz CT molecular complexity index is 428. The van der Waals surface area contributed by atoms with E-state index < -0.39 is 0 Å². The first-order chi connectivity index (χ1) is 8.20. The number of nitrogens with zero attached hydrogens (tertiary/aromatic N) is 5. The molecule has 1 aromatic heterocycles. The van der Waals surface area contributed by atoms with Gasteiger partial charge in [-0.15, -0.1) is 0 Å². The van der Waals surface area contributed by atoms with Crippen molar-refractivity contribution in [3.8, 4) is 6.07 Å². The molecule has 0 radical (unpaired) electrons. The third-order valence-electron chi connectivity index (χ3n) is 2.56. The van der Waals surface area contributed by atoms with Gasteiger partial charge >= 0.3 is 0 Å². The number of nitriles is 1. The molecule has 0 saturated carbocycles. The lowest BCUT2D eigenvalue weighted by Gasteiger charge is -2.30. The molecular weight excluding hydrogens is 218 g/mol. The number of hydrogen-bond acceptors (Lipinski definition) is 6. The van der Waals surface area contributed by atoms with Gasteiger partial charge < -0.3 is 14.5 Å². The Labute approximate surface area is 100 Å². The highest BCUT2D eigenvalue weighted by Crippen LogP contribution is 2.16. The standard InChI is InChI=1S/C11H15N5O/c1-15(2)11-13-4-3-10(14-11)16-5-6-17-9(7-12)8-16/h3-4,9H,5-6,8H2,1-2H3. The van der Waals surface area contributed by atoms with Crippen LogP contribution in [0.15, 0.2) is 12.3 Å². The molecule has 1 fully saturated rings. The fourth-order valence-corrected chi connectivity index (χ4v) is 1.67. The van der Waals surface area contributed by atoms with Crippen molar-refractivity contribution < 1.29 is 4.74 Å². The highest BCUT2D eigenvalue weighted by atomic mass is 16.5. The van der Waals surface area contributed by atoms with E-state index in [0.717, 1.165) is 12.4 Å². The van der Waals surface area contributed by atoms with Crippen molar-refractivity contribution in [2.24, 2.45) is 0 Å². The van der Waals surface area contributed by atoms with Gasteiger partial charge in [0, 0.05) is 26.8 Å². The molecule has 0 N–H and O–H groups in total. The molecular formula is C11H15N5O. The maximum absolute atomic E-state index is 8.86. The van der Waals surface area contributed by atoms with Crippen LogP contribution in [-0.4, -0.2) is 49.9 Å². The molecule has 90 valence electrons. The number of anilines is 2. The van der Waals surface area contributed by atoms with Crippen LogP contribution >= 0.6 is 0 Å². The maximum atomic E-state index is 8.86. The summed E-state index contributed by atoms with van der Waals surface area (Å²) in [6.45, 7) is 1.86. The van der Waals surface area contributed by atoms with Crippen LogP contribution in [0.4, 0.5) is 11.8 Å². The Balaban J connectivity index is 2.16. The zero-order chi connectivity index (χ0) is 12.3. The molecule has 0 aromatic carbocycles. The predicted octanol–water partition coefficient (Wildman–Crippen LogP) is 0.271. The molecule has 6 nitrogen and oxygen atoms in total. The van der Waals surface area contributed by atoms with Gasteiger partial charge in [0.25, 0.3) is 0 Å². The first-order valence-electron chi connectivity index (χ1n) is 5.47. The first-order valence-corrected chi connectivity index (χ1v) is 5.47. The number of morpholine rings is 1. The fraction of sp³-hybridized carbons (Fsp3) is 0.545. The van der Waals surface area contributed by atoms with Crippen molar-refractivity contribution in [2.75, 3.05) is 43.6 Å². The van der Waals surface area contributed by atoms with Crippen molar-refractivity contribution in [1.82, 2.24) is 9.97 Å². The number of ether oxygens (including phenoxy) is 1. The van der Waals surface area contributed by atoms with Gasteiger partial charge in [0.15, 0.2) is 6.10 Å². The zero-order valence-corrected chi connectivity index (χ0v) is 10.00. The molecule has 0 aliphatic carbocycles. The van der Waals surface area contributed by atoms with E-state index in [4.69, 9.17) is 10.00 Å². The number of hydrogen-bond donors (Lipinski definition) is 0. The summed E-state index contributed by atoms with van der Waals surface area (Å²) in [6.07, 6.45) is 1.36. The Morgan fingerprint density at radius 3 is 3.12 bits per heavy atom. The van der Waals surface area contributed by atoms with Crippen LogP contribution < -0.4 is 9.80 Å². The Kier molecular flexibility index (Phi) is 3.40. The van der Waals surface area contributed by atoms with Gasteiger partial charge in [-0.25, -0.2) is 4.98 Å². The summed E-state index contributed by atoms with van der Waals surface area (Å²) in [4.78, 5) is 12.5. The van der Waals surface area contributed by atoms with E-state index in [9.17, 15) is 0 Å². The lowest BCUT2D eigenvalue weighted by molar-refractivity contribution is 0.0761. The molecule has 0 spiro atoms. The number of rotatable bonds is 2. The zero-order valence-electron chi connectivity index (χ0n) is 10.00. The summed E-state index contributed by atoms with van der Waals surface area (Å²) in [5, 5.41) is 8.86. The minimum atomic E-state index is -0.374. The second-order valence-corrected chi connectivity index (χ2v) is 4.04. The van der Waals surface area contributed by atoms with E-state index in [1.807, 2.05) is 30.0 Å².